The summed E-state index contributed by atoms with van der Waals surface area (Å²) in [5.74, 6) is -0.00647. The van der Waals surface area contributed by atoms with Gasteiger partial charge in [0.15, 0.2) is 6.61 Å². The third-order valence-electron chi connectivity index (χ3n) is 4.25. The first kappa shape index (κ1) is 22.5. The highest BCUT2D eigenvalue weighted by molar-refractivity contribution is 5.93. The minimum atomic E-state index is -4.47. The van der Waals surface area contributed by atoms with Crippen molar-refractivity contribution in [2.24, 2.45) is 0 Å². The van der Waals surface area contributed by atoms with Crippen molar-refractivity contribution >= 4 is 11.6 Å². The lowest BCUT2D eigenvalue weighted by atomic mass is 10.2. The number of likely N-dealkylation sites (N-methyl/N-ethyl adjacent to an activating group) is 1. The third-order valence-corrected chi connectivity index (χ3v) is 4.25. The number of hydrogen-bond acceptors (Lipinski definition) is 4. The molecule has 1 amide bonds. The molecule has 29 heavy (non-hydrogen) atoms. The van der Waals surface area contributed by atoms with Crippen molar-refractivity contribution in [3.05, 3.63) is 54.1 Å². The Balaban J connectivity index is 1.91. The van der Waals surface area contributed by atoms with Gasteiger partial charge in [0.05, 0.1) is 11.3 Å². The van der Waals surface area contributed by atoms with Gasteiger partial charge in [0.2, 0.25) is 0 Å². The summed E-state index contributed by atoms with van der Waals surface area (Å²) in [6, 6.07) is 11.4. The number of alkyl halides is 3. The number of hydrogen-bond donors (Lipinski definition) is 1. The van der Waals surface area contributed by atoms with Crippen LogP contribution in [0, 0.1) is 0 Å². The van der Waals surface area contributed by atoms with Crippen LogP contribution in [0.1, 0.15) is 19.4 Å². The van der Waals surface area contributed by atoms with E-state index >= 15 is 0 Å². The van der Waals surface area contributed by atoms with Gasteiger partial charge in [-0.2, -0.15) is 13.2 Å². The zero-order valence-corrected chi connectivity index (χ0v) is 16.5. The van der Waals surface area contributed by atoms with E-state index in [0.717, 1.165) is 31.8 Å². The molecule has 0 spiro atoms. The molecule has 2 rings (SSSR count). The standard InChI is InChI=1S/C21H25F3N2O3/c1-3-26(4-2)12-13-28-19-11-6-5-10-18(19)25-20(27)15-29-17-9-7-8-16(14-17)21(22,23)24/h5-11,14H,3-4,12-13,15H2,1-2H3,(H,25,27). The Morgan fingerprint density at radius 3 is 2.45 bits per heavy atom. The average Bonchev–Trinajstić information content (AvgIpc) is 2.70. The van der Waals surface area contributed by atoms with E-state index in [0.29, 0.717) is 18.0 Å². The van der Waals surface area contributed by atoms with Gasteiger partial charge in [-0.25, -0.2) is 0 Å². The second kappa shape index (κ2) is 10.7. The maximum Gasteiger partial charge on any atom is 0.416 e. The summed E-state index contributed by atoms with van der Waals surface area (Å²) in [6.45, 7) is 6.79. The van der Waals surface area contributed by atoms with E-state index in [-0.39, 0.29) is 5.75 Å². The van der Waals surface area contributed by atoms with Crippen LogP contribution in [-0.2, 0) is 11.0 Å². The minimum absolute atomic E-state index is 0.0290. The highest BCUT2D eigenvalue weighted by atomic mass is 19.4. The van der Waals surface area contributed by atoms with Crippen LogP contribution in [0.4, 0.5) is 18.9 Å². The maximum absolute atomic E-state index is 12.7. The Morgan fingerprint density at radius 1 is 1.03 bits per heavy atom. The first-order chi connectivity index (χ1) is 13.8. The normalized spacial score (nSPS) is 11.4. The van der Waals surface area contributed by atoms with E-state index in [1.54, 1.807) is 24.3 Å². The molecular weight excluding hydrogens is 385 g/mol. The largest absolute Gasteiger partial charge is 0.490 e. The third kappa shape index (κ3) is 7.30. The van der Waals surface area contributed by atoms with Crippen molar-refractivity contribution < 1.29 is 27.4 Å². The van der Waals surface area contributed by atoms with Crippen molar-refractivity contribution in [2.75, 3.05) is 38.2 Å². The van der Waals surface area contributed by atoms with E-state index in [4.69, 9.17) is 9.47 Å². The molecule has 0 aliphatic rings. The Morgan fingerprint density at radius 2 is 1.76 bits per heavy atom. The van der Waals surface area contributed by atoms with Crippen LogP contribution >= 0.6 is 0 Å². The molecule has 0 bridgehead atoms. The number of halogens is 3. The topological polar surface area (TPSA) is 50.8 Å². The van der Waals surface area contributed by atoms with Crippen molar-refractivity contribution in [3.63, 3.8) is 0 Å². The van der Waals surface area contributed by atoms with Gasteiger partial charge in [-0.15, -0.1) is 0 Å². The lowest BCUT2D eigenvalue weighted by Crippen LogP contribution is -2.28. The summed E-state index contributed by atoms with van der Waals surface area (Å²) < 4.78 is 49.2. The van der Waals surface area contributed by atoms with Crippen LogP contribution in [0.5, 0.6) is 11.5 Å². The number of rotatable bonds is 10. The molecule has 0 aliphatic heterocycles. The molecule has 0 unspecified atom stereocenters. The van der Waals surface area contributed by atoms with E-state index in [9.17, 15) is 18.0 Å². The molecule has 0 saturated carbocycles. The maximum atomic E-state index is 12.7. The molecule has 0 atom stereocenters. The SMILES string of the molecule is CCN(CC)CCOc1ccccc1NC(=O)COc1cccc(C(F)(F)F)c1. The number of carbonyl (C=O) groups is 1. The monoisotopic (exact) mass is 410 g/mol. The second-order valence-corrected chi connectivity index (χ2v) is 6.23. The van der Waals surface area contributed by atoms with Gasteiger partial charge in [-0.3, -0.25) is 4.79 Å². The molecule has 8 heteroatoms. The molecule has 0 aliphatic carbocycles. The van der Waals surface area contributed by atoms with Crippen LogP contribution < -0.4 is 14.8 Å². The zero-order valence-electron chi connectivity index (χ0n) is 16.5. The molecule has 2 aromatic carbocycles. The number of para-hydroxylation sites is 2. The number of anilines is 1. The molecule has 0 aromatic heterocycles. The average molecular weight is 410 g/mol. The van der Waals surface area contributed by atoms with Crippen LogP contribution in [0.15, 0.2) is 48.5 Å². The lowest BCUT2D eigenvalue weighted by Gasteiger charge is -2.19. The number of nitrogens with zero attached hydrogens (tertiary/aromatic N) is 1. The molecule has 0 fully saturated rings. The van der Waals surface area contributed by atoms with Gasteiger partial charge < -0.3 is 19.7 Å². The van der Waals surface area contributed by atoms with Crippen molar-refractivity contribution in [2.45, 2.75) is 20.0 Å². The summed E-state index contributed by atoms with van der Waals surface area (Å²) in [4.78, 5) is 14.4. The molecule has 0 radical (unpaired) electrons. The summed E-state index contributed by atoms with van der Waals surface area (Å²) in [5, 5.41) is 2.67. The minimum Gasteiger partial charge on any atom is -0.490 e. The Hall–Kier alpha value is -2.74. The van der Waals surface area contributed by atoms with Crippen LogP contribution in [0.3, 0.4) is 0 Å². The molecule has 2 aromatic rings. The molecule has 0 saturated heterocycles. The van der Waals surface area contributed by atoms with E-state index in [1.807, 2.05) is 0 Å². The lowest BCUT2D eigenvalue weighted by molar-refractivity contribution is -0.137. The van der Waals surface area contributed by atoms with Crippen LogP contribution in [-0.4, -0.2) is 43.7 Å². The summed E-state index contributed by atoms with van der Waals surface area (Å²) >= 11 is 0. The highest BCUT2D eigenvalue weighted by Gasteiger charge is 2.30. The number of amides is 1. The first-order valence-corrected chi connectivity index (χ1v) is 9.37. The number of ether oxygens (including phenoxy) is 2. The number of nitrogens with one attached hydrogen (secondary N) is 1. The van der Waals surface area contributed by atoms with Gasteiger partial charge in [-0.05, 0) is 43.4 Å². The van der Waals surface area contributed by atoms with Gasteiger partial charge >= 0.3 is 6.18 Å². The smallest absolute Gasteiger partial charge is 0.416 e. The summed E-state index contributed by atoms with van der Waals surface area (Å²) in [5.41, 5.74) is -0.355. The van der Waals surface area contributed by atoms with Crippen molar-refractivity contribution in [1.29, 1.82) is 0 Å². The second-order valence-electron chi connectivity index (χ2n) is 6.23. The first-order valence-electron chi connectivity index (χ1n) is 9.37. The van der Waals surface area contributed by atoms with E-state index < -0.39 is 24.3 Å². The van der Waals surface area contributed by atoms with Gasteiger partial charge in [0.1, 0.15) is 18.1 Å². The van der Waals surface area contributed by atoms with Gasteiger partial charge in [0, 0.05) is 6.54 Å². The van der Waals surface area contributed by atoms with Crippen LogP contribution in [0.25, 0.3) is 0 Å². The fourth-order valence-electron chi connectivity index (χ4n) is 2.62. The van der Waals surface area contributed by atoms with Crippen molar-refractivity contribution in [3.8, 4) is 11.5 Å². The number of carbonyl (C=O) groups excluding carboxylic acids is 1. The predicted molar refractivity (Wildman–Crippen MR) is 105 cm³/mol. The fourth-order valence-corrected chi connectivity index (χ4v) is 2.62. The molecule has 0 heterocycles. The Kier molecular flexibility index (Phi) is 8.33. The molecule has 158 valence electrons. The van der Waals surface area contributed by atoms with Crippen molar-refractivity contribution in [1.82, 2.24) is 4.90 Å². The Bertz CT molecular complexity index is 793. The predicted octanol–water partition coefficient (Wildman–Crippen LogP) is 4.44. The summed E-state index contributed by atoms with van der Waals surface area (Å²) in [6.07, 6.45) is -4.47. The molecule has 5 nitrogen and oxygen atoms in total. The summed E-state index contributed by atoms with van der Waals surface area (Å²) in [7, 11) is 0. The number of benzene rings is 2. The quantitative estimate of drug-likeness (QED) is 0.629. The highest BCUT2D eigenvalue weighted by Crippen LogP contribution is 2.31. The molecular formula is C21H25F3N2O3. The van der Waals surface area contributed by atoms with E-state index in [1.165, 1.54) is 12.1 Å². The van der Waals surface area contributed by atoms with Crippen LogP contribution in [0.2, 0.25) is 0 Å². The van der Waals surface area contributed by atoms with Gasteiger partial charge in [-0.1, -0.05) is 32.0 Å². The zero-order chi connectivity index (χ0) is 21.3. The Labute approximate surface area is 168 Å². The molecule has 1 N–H and O–H groups in total. The van der Waals surface area contributed by atoms with E-state index in [2.05, 4.69) is 24.1 Å². The van der Waals surface area contributed by atoms with Gasteiger partial charge in [0.25, 0.3) is 5.91 Å². The fraction of sp³-hybridized carbons (Fsp3) is 0.381.